The largest absolute Gasteiger partial charge is 0.346 e. The Labute approximate surface area is 159 Å². The Bertz CT molecular complexity index is 891. The Morgan fingerprint density at radius 2 is 1.81 bits per heavy atom. The molecule has 0 radical (unpaired) electrons. The third kappa shape index (κ3) is 3.33. The van der Waals surface area contributed by atoms with E-state index >= 15 is 0 Å². The lowest BCUT2D eigenvalue weighted by Gasteiger charge is -2.33. The van der Waals surface area contributed by atoms with E-state index in [1.807, 2.05) is 19.9 Å². The van der Waals surface area contributed by atoms with Crippen molar-refractivity contribution in [3.05, 3.63) is 40.5 Å². The zero-order valence-corrected chi connectivity index (χ0v) is 17.2. The molecule has 3 heterocycles. The molecular weight excluding hydrogens is 370 g/mol. The van der Waals surface area contributed by atoms with Gasteiger partial charge in [-0.1, -0.05) is 6.07 Å². The molecule has 6 nitrogen and oxygen atoms in total. The summed E-state index contributed by atoms with van der Waals surface area (Å²) in [4.78, 5) is 14.7. The summed E-state index contributed by atoms with van der Waals surface area (Å²) in [5.41, 5.74) is 2.75. The maximum atomic E-state index is 12.9. The highest BCUT2D eigenvalue weighted by molar-refractivity contribution is 7.91. The first kappa shape index (κ1) is 19.1. The summed E-state index contributed by atoms with van der Waals surface area (Å²) >= 11 is 1.22. The molecule has 0 spiro atoms. The van der Waals surface area contributed by atoms with Crippen molar-refractivity contribution in [2.45, 2.75) is 37.9 Å². The molecule has 142 valence electrons. The lowest BCUT2D eigenvalue weighted by molar-refractivity contribution is 0.0697. The van der Waals surface area contributed by atoms with Gasteiger partial charge in [-0.05, 0) is 45.2 Å². The lowest BCUT2D eigenvalue weighted by atomic mass is 10.2. The lowest BCUT2D eigenvalue weighted by Crippen LogP contribution is -2.50. The first-order valence-electron chi connectivity index (χ1n) is 8.75. The number of hydrogen-bond acceptors (Lipinski definition) is 4. The molecule has 1 amide bonds. The molecule has 3 rings (SSSR count). The average molecular weight is 396 g/mol. The van der Waals surface area contributed by atoms with Crippen LogP contribution in [0.15, 0.2) is 27.8 Å². The molecule has 1 aliphatic heterocycles. The van der Waals surface area contributed by atoms with Gasteiger partial charge in [-0.3, -0.25) is 4.79 Å². The highest BCUT2D eigenvalue weighted by Crippen LogP contribution is 2.24. The van der Waals surface area contributed by atoms with Crippen molar-refractivity contribution < 1.29 is 13.2 Å². The number of rotatable bonds is 4. The van der Waals surface area contributed by atoms with Crippen molar-refractivity contribution >= 4 is 27.3 Å². The Morgan fingerprint density at radius 1 is 1.15 bits per heavy atom. The smallest absolute Gasteiger partial charge is 0.255 e. The molecule has 0 bridgehead atoms. The van der Waals surface area contributed by atoms with Gasteiger partial charge in [0, 0.05) is 43.6 Å². The third-order valence-electron chi connectivity index (χ3n) is 4.85. The van der Waals surface area contributed by atoms with Gasteiger partial charge < -0.3 is 9.47 Å². The molecule has 0 aromatic carbocycles. The molecule has 0 unspecified atom stereocenters. The van der Waals surface area contributed by atoms with Crippen molar-refractivity contribution in [3.8, 4) is 0 Å². The van der Waals surface area contributed by atoms with E-state index in [0.29, 0.717) is 42.0 Å². The number of nitrogens with zero attached hydrogens (tertiary/aromatic N) is 3. The van der Waals surface area contributed by atoms with E-state index in [9.17, 15) is 13.2 Å². The Balaban J connectivity index is 1.73. The van der Waals surface area contributed by atoms with Crippen LogP contribution in [0.1, 0.15) is 41.6 Å². The zero-order valence-electron chi connectivity index (χ0n) is 15.6. The quantitative estimate of drug-likeness (QED) is 0.800. The van der Waals surface area contributed by atoms with Crippen molar-refractivity contribution in [1.82, 2.24) is 13.8 Å². The first-order chi connectivity index (χ1) is 12.2. The summed E-state index contributed by atoms with van der Waals surface area (Å²) in [7, 11) is -3.44. The van der Waals surface area contributed by atoms with Gasteiger partial charge in [-0.25, -0.2) is 8.42 Å². The minimum absolute atomic E-state index is 0.0156. The van der Waals surface area contributed by atoms with Crippen LogP contribution in [-0.4, -0.2) is 54.3 Å². The number of carbonyl (C=O) groups excluding carboxylic acids is 1. The standard InChI is InChI=1S/C18H25N3O3S2/c1-13(2)21-14(3)12-16(15(21)4)18(22)19-7-9-20(10-8-19)26(23,24)17-6-5-11-25-17/h5-6,11-13H,7-10H2,1-4H3. The number of aromatic nitrogens is 1. The molecule has 0 N–H and O–H groups in total. The second-order valence-corrected chi connectivity index (χ2v) is 9.99. The molecule has 1 saturated heterocycles. The molecule has 0 aliphatic carbocycles. The van der Waals surface area contributed by atoms with Gasteiger partial charge in [0.05, 0.1) is 5.56 Å². The second kappa shape index (κ2) is 7.17. The monoisotopic (exact) mass is 395 g/mol. The van der Waals surface area contributed by atoms with Crippen molar-refractivity contribution in [1.29, 1.82) is 0 Å². The summed E-state index contributed by atoms with van der Waals surface area (Å²) in [6.07, 6.45) is 0. The van der Waals surface area contributed by atoms with Crippen LogP contribution in [0.2, 0.25) is 0 Å². The summed E-state index contributed by atoms with van der Waals surface area (Å²) in [5.74, 6) is -0.0156. The van der Waals surface area contributed by atoms with E-state index in [2.05, 4.69) is 18.4 Å². The van der Waals surface area contributed by atoms with Crippen LogP contribution in [0.25, 0.3) is 0 Å². The van der Waals surface area contributed by atoms with Gasteiger partial charge in [0.25, 0.3) is 15.9 Å². The Morgan fingerprint density at radius 3 is 2.31 bits per heavy atom. The number of thiophene rings is 1. The van der Waals surface area contributed by atoms with Crippen molar-refractivity contribution in [2.75, 3.05) is 26.2 Å². The van der Waals surface area contributed by atoms with Crippen LogP contribution < -0.4 is 0 Å². The van der Waals surface area contributed by atoms with E-state index < -0.39 is 10.0 Å². The van der Waals surface area contributed by atoms with Gasteiger partial charge in [0.15, 0.2) is 0 Å². The van der Waals surface area contributed by atoms with E-state index in [1.165, 1.54) is 15.6 Å². The summed E-state index contributed by atoms with van der Waals surface area (Å²) in [6.45, 7) is 9.66. The number of piperazine rings is 1. The molecule has 0 atom stereocenters. The van der Waals surface area contributed by atoms with E-state index in [4.69, 9.17) is 0 Å². The number of sulfonamides is 1. The minimum atomic E-state index is -3.44. The molecule has 26 heavy (non-hydrogen) atoms. The fraction of sp³-hybridized carbons (Fsp3) is 0.500. The number of amides is 1. The van der Waals surface area contributed by atoms with Crippen LogP contribution in [0, 0.1) is 13.8 Å². The molecular formula is C18H25N3O3S2. The van der Waals surface area contributed by atoms with Gasteiger partial charge in [0.1, 0.15) is 4.21 Å². The van der Waals surface area contributed by atoms with Crippen molar-refractivity contribution in [2.24, 2.45) is 0 Å². The summed E-state index contributed by atoms with van der Waals surface area (Å²) in [6, 6.07) is 5.59. The van der Waals surface area contributed by atoms with Gasteiger partial charge in [0.2, 0.25) is 0 Å². The summed E-state index contributed by atoms with van der Waals surface area (Å²) in [5, 5.41) is 1.76. The molecule has 2 aromatic heterocycles. The molecule has 1 fully saturated rings. The van der Waals surface area contributed by atoms with Crippen molar-refractivity contribution in [3.63, 3.8) is 0 Å². The number of hydrogen-bond donors (Lipinski definition) is 0. The normalized spacial score (nSPS) is 16.4. The fourth-order valence-electron chi connectivity index (χ4n) is 3.63. The number of aryl methyl sites for hydroxylation is 1. The Hall–Kier alpha value is -1.64. The predicted molar refractivity (Wildman–Crippen MR) is 103 cm³/mol. The van der Waals surface area contributed by atoms with Crippen LogP contribution in [0.3, 0.4) is 0 Å². The van der Waals surface area contributed by atoms with E-state index in [-0.39, 0.29) is 5.91 Å². The highest BCUT2D eigenvalue weighted by Gasteiger charge is 2.32. The summed E-state index contributed by atoms with van der Waals surface area (Å²) < 4.78 is 29.2. The van der Waals surface area contributed by atoms with Gasteiger partial charge >= 0.3 is 0 Å². The van der Waals surface area contributed by atoms with Gasteiger partial charge in [-0.2, -0.15) is 4.31 Å². The van der Waals surface area contributed by atoms with Crippen LogP contribution >= 0.6 is 11.3 Å². The second-order valence-electron chi connectivity index (χ2n) is 6.88. The van der Waals surface area contributed by atoms with Crippen LogP contribution in [-0.2, 0) is 10.0 Å². The fourth-order valence-corrected chi connectivity index (χ4v) is 6.19. The molecule has 1 aliphatic rings. The number of carbonyl (C=O) groups is 1. The van der Waals surface area contributed by atoms with Crippen LogP contribution in [0.5, 0.6) is 0 Å². The highest BCUT2D eigenvalue weighted by atomic mass is 32.2. The maximum Gasteiger partial charge on any atom is 0.255 e. The molecule has 0 saturated carbocycles. The topological polar surface area (TPSA) is 62.6 Å². The third-order valence-corrected chi connectivity index (χ3v) is 8.12. The van der Waals surface area contributed by atoms with Gasteiger partial charge in [-0.15, -0.1) is 11.3 Å². The van der Waals surface area contributed by atoms with E-state index in [1.54, 1.807) is 22.4 Å². The van der Waals surface area contributed by atoms with Crippen LogP contribution in [0.4, 0.5) is 0 Å². The molecule has 8 heteroatoms. The zero-order chi connectivity index (χ0) is 19.1. The molecule has 2 aromatic rings. The Kier molecular flexibility index (Phi) is 5.28. The first-order valence-corrected chi connectivity index (χ1v) is 11.1. The average Bonchev–Trinajstić information content (AvgIpc) is 3.23. The SMILES string of the molecule is Cc1cc(C(=O)N2CCN(S(=O)(=O)c3cccs3)CC2)c(C)n1C(C)C. The van der Waals surface area contributed by atoms with E-state index in [0.717, 1.165) is 11.4 Å². The minimum Gasteiger partial charge on any atom is -0.346 e. The maximum absolute atomic E-state index is 12.9. The predicted octanol–water partition coefficient (Wildman–Crippen LogP) is 2.89.